The number of anilines is 5. The van der Waals surface area contributed by atoms with Crippen LogP contribution in [-0.2, 0) is 35.3 Å². The maximum Gasteiger partial charge on any atom is 0.421 e. The van der Waals surface area contributed by atoms with Crippen molar-refractivity contribution >= 4 is 46.2 Å². The average Bonchev–Trinajstić information content (AvgIpc) is 3.16. The lowest BCUT2D eigenvalue weighted by atomic mass is 10.1. The molecule has 0 radical (unpaired) electrons. The normalized spacial score (nSPS) is 13.8. The molecule has 0 bridgehead atoms. The van der Waals surface area contributed by atoms with Crippen LogP contribution in [0, 0.1) is 0 Å². The first kappa shape index (κ1) is 23.6. The molecule has 0 saturated heterocycles. The molecule has 2 aromatic heterocycles. The molecule has 1 amide bonds. The fourth-order valence-electron chi connectivity index (χ4n) is 3.37. The fraction of sp³-hybridized carbons (Fsp3) is 0.238. The van der Waals surface area contributed by atoms with Crippen LogP contribution in [0.5, 0.6) is 0 Å². The van der Waals surface area contributed by atoms with E-state index in [4.69, 9.17) is 0 Å². The molecule has 1 aliphatic heterocycles. The predicted molar refractivity (Wildman–Crippen MR) is 123 cm³/mol. The third kappa shape index (κ3) is 5.15. The number of carbonyl (C=O) groups is 1. The molecule has 1 aromatic carbocycles. The molecule has 3 heterocycles. The quantitative estimate of drug-likeness (QED) is 0.430. The standard InChI is InChI=1S/C21H20F3N7O2S/c1-31(34(2)33)19-12(4-3-7-25-19)10-26-18-15(21(22,23)24)11-27-20(30-18)28-14-5-6-16-13(8-14)9-17(32)29-16/h3-8,11H,9-10H2,1-2H3,(H,29,32)(H2,26,27,28,30). The summed E-state index contributed by atoms with van der Waals surface area (Å²) in [6.07, 6.45) is -0.778. The number of hydrogen-bond donors (Lipinski definition) is 3. The molecule has 0 fully saturated rings. The number of pyridine rings is 1. The van der Waals surface area contributed by atoms with Gasteiger partial charge in [-0.2, -0.15) is 22.5 Å². The highest BCUT2D eigenvalue weighted by Gasteiger charge is 2.35. The zero-order valence-electron chi connectivity index (χ0n) is 18.1. The van der Waals surface area contributed by atoms with Gasteiger partial charge < -0.3 is 20.5 Å². The Hall–Kier alpha value is -3.58. The molecule has 1 aliphatic rings. The summed E-state index contributed by atoms with van der Waals surface area (Å²) in [5.41, 5.74) is 1.50. The van der Waals surface area contributed by atoms with E-state index in [9.17, 15) is 22.5 Å². The topological polar surface area (TPSA) is 118 Å². The summed E-state index contributed by atoms with van der Waals surface area (Å²) < 4.78 is 54.0. The highest BCUT2D eigenvalue weighted by atomic mass is 32.2. The first-order chi connectivity index (χ1) is 16.1. The summed E-state index contributed by atoms with van der Waals surface area (Å²) in [6.45, 7) is -0.0448. The van der Waals surface area contributed by atoms with Crippen molar-refractivity contribution < 1.29 is 22.5 Å². The molecular weight excluding hydrogens is 471 g/mol. The van der Waals surface area contributed by atoms with Crippen LogP contribution in [0.2, 0.25) is 0 Å². The number of nitrogens with one attached hydrogen (secondary N) is 3. The van der Waals surface area contributed by atoms with E-state index in [0.717, 1.165) is 5.56 Å². The number of hydrogen-bond acceptors (Lipinski definition) is 8. The van der Waals surface area contributed by atoms with Crippen LogP contribution in [0.25, 0.3) is 0 Å². The Bertz CT molecular complexity index is 1220. The number of aromatic nitrogens is 3. The van der Waals surface area contributed by atoms with Crippen molar-refractivity contribution in [2.24, 2.45) is 0 Å². The van der Waals surface area contributed by atoms with E-state index in [1.807, 2.05) is 0 Å². The van der Waals surface area contributed by atoms with Gasteiger partial charge in [0.15, 0.2) is 5.82 Å². The zero-order chi connectivity index (χ0) is 24.5. The van der Waals surface area contributed by atoms with Crippen LogP contribution < -0.4 is 20.3 Å². The third-order valence-corrected chi connectivity index (χ3v) is 6.02. The second kappa shape index (κ2) is 9.35. The van der Waals surface area contributed by atoms with Crippen LogP contribution in [0.1, 0.15) is 16.7 Å². The van der Waals surface area contributed by atoms with Crippen molar-refractivity contribution in [1.82, 2.24) is 15.0 Å². The molecule has 3 aromatic rings. The number of alkyl halides is 3. The second-order valence-electron chi connectivity index (χ2n) is 7.44. The van der Waals surface area contributed by atoms with Gasteiger partial charge in [0.25, 0.3) is 0 Å². The smallest absolute Gasteiger partial charge is 0.421 e. The molecule has 34 heavy (non-hydrogen) atoms. The van der Waals surface area contributed by atoms with Crippen molar-refractivity contribution in [1.29, 1.82) is 0 Å². The summed E-state index contributed by atoms with van der Waals surface area (Å²) in [6, 6.07) is 8.39. The number of halogens is 3. The van der Waals surface area contributed by atoms with Crippen molar-refractivity contribution in [3.05, 3.63) is 59.4 Å². The van der Waals surface area contributed by atoms with Gasteiger partial charge in [0.2, 0.25) is 11.9 Å². The molecule has 13 heteroatoms. The summed E-state index contributed by atoms with van der Waals surface area (Å²) >= 11 is -1.36. The average molecular weight is 491 g/mol. The summed E-state index contributed by atoms with van der Waals surface area (Å²) in [7, 11) is 1.58. The van der Waals surface area contributed by atoms with E-state index in [-0.39, 0.29) is 24.8 Å². The minimum Gasteiger partial charge on any atom is -0.593 e. The Morgan fingerprint density at radius 1 is 1.26 bits per heavy atom. The fourth-order valence-corrected chi connectivity index (χ4v) is 3.78. The molecule has 1 atom stereocenters. The maximum absolute atomic E-state index is 13.6. The van der Waals surface area contributed by atoms with Crippen molar-refractivity contribution in [2.75, 3.05) is 33.6 Å². The second-order valence-corrected chi connectivity index (χ2v) is 8.83. The number of benzene rings is 1. The molecule has 1 unspecified atom stereocenters. The SMILES string of the molecule is CN(c1ncccc1CNc1nc(Nc2ccc3c(c2)CC(=O)N3)ncc1C(F)(F)F)[S+](C)[O-]. The monoisotopic (exact) mass is 491 g/mol. The van der Waals surface area contributed by atoms with Crippen molar-refractivity contribution in [3.8, 4) is 0 Å². The number of rotatable bonds is 7. The number of nitrogens with zero attached hydrogens (tertiary/aromatic N) is 4. The Kier molecular flexibility index (Phi) is 6.48. The van der Waals surface area contributed by atoms with Crippen LogP contribution in [0.3, 0.4) is 0 Å². The van der Waals surface area contributed by atoms with Gasteiger partial charge >= 0.3 is 6.18 Å². The van der Waals surface area contributed by atoms with Crippen LogP contribution in [0.15, 0.2) is 42.7 Å². The lowest BCUT2D eigenvalue weighted by Crippen LogP contribution is -2.27. The highest BCUT2D eigenvalue weighted by molar-refractivity contribution is 7.92. The zero-order valence-corrected chi connectivity index (χ0v) is 18.9. The van der Waals surface area contributed by atoms with Gasteiger partial charge in [-0.1, -0.05) is 6.07 Å². The van der Waals surface area contributed by atoms with Gasteiger partial charge in [0.1, 0.15) is 17.6 Å². The number of fused-ring (bicyclic) bond motifs is 1. The van der Waals surface area contributed by atoms with Gasteiger partial charge in [0.05, 0.1) is 24.8 Å². The van der Waals surface area contributed by atoms with Gasteiger partial charge in [-0.25, -0.2) is 9.97 Å². The maximum atomic E-state index is 13.6. The van der Waals surface area contributed by atoms with E-state index in [0.29, 0.717) is 29.0 Å². The van der Waals surface area contributed by atoms with E-state index in [1.165, 1.54) is 16.8 Å². The van der Waals surface area contributed by atoms with Crippen LogP contribution in [0.4, 0.5) is 42.1 Å². The summed E-state index contributed by atoms with van der Waals surface area (Å²) in [5.74, 6) is -0.223. The Morgan fingerprint density at radius 3 is 2.79 bits per heavy atom. The Morgan fingerprint density at radius 2 is 2.06 bits per heavy atom. The molecule has 3 N–H and O–H groups in total. The van der Waals surface area contributed by atoms with E-state index in [2.05, 4.69) is 30.9 Å². The van der Waals surface area contributed by atoms with Gasteiger partial charge in [-0.15, -0.1) is 0 Å². The van der Waals surface area contributed by atoms with Gasteiger partial charge in [-0.05, 0) is 29.8 Å². The molecule has 4 rings (SSSR count). The highest BCUT2D eigenvalue weighted by Crippen LogP contribution is 2.35. The Labute approximate surface area is 196 Å². The molecule has 9 nitrogen and oxygen atoms in total. The molecular formula is C21H20F3N7O2S. The molecule has 0 aliphatic carbocycles. The molecule has 0 spiro atoms. The lowest BCUT2D eigenvalue weighted by molar-refractivity contribution is -0.137. The number of amides is 1. The minimum absolute atomic E-state index is 0.0448. The first-order valence-electron chi connectivity index (χ1n) is 10.0. The largest absolute Gasteiger partial charge is 0.593 e. The van der Waals surface area contributed by atoms with Gasteiger partial charge in [0, 0.05) is 35.9 Å². The summed E-state index contributed by atoms with van der Waals surface area (Å²) in [4.78, 5) is 23.6. The van der Waals surface area contributed by atoms with E-state index < -0.39 is 28.9 Å². The van der Waals surface area contributed by atoms with Crippen LogP contribution in [-0.4, -0.2) is 38.7 Å². The van der Waals surface area contributed by atoms with Crippen molar-refractivity contribution in [2.45, 2.75) is 19.1 Å². The Balaban J connectivity index is 1.59. The van der Waals surface area contributed by atoms with E-state index in [1.54, 1.807) is 37.4 Å². The van der Waals surface area contributed by atoms with Crippen LogP contribution >= 0.6 is 0 Å². The van der Waals surface area contributed by atoms with Crippen molar-refractivity contribution in [3.63, 3.8) is 0 Å². The minimum atomic E-state index is -4.68. The van der Waals surface area contributed by atoms with Gasteiger partial charge in [-0.3, -0.25) is 4.79 Å². The molecule has 0 saturated carbocycles. The first-order valence-corrected chi connectivity index (χ1v) is 11.5. The predicted octanol–water partition coefficient (Wildman–Crippen LogP) is 3.47. The molecule has 178 valence electrons. The third-order valence-electron chi connectivity index (χ3n) is 5.08. The lowest BCUT2D eigenvalue weighted by Gasteiger charge is -2.21. The van der Waals surface area contributed by atoms with E-state index >= 15 is 0 Å². The summed E-state index contributed by atoms with van der Waals surface area (Å²) in [5, 5.41) is 8.31. The number of carbonyl (C=O) groups excluding carboxylic acids is 1.